The van der Waals surface area contributed by atoms with Crippen molar-refractivity contribution in [2.75, 3.05) is 7.11 Å². The molecular weight excluding hydrogens is 230 g/mol. The van der Waals surface area contributed by atoms with Crippen LogP contribution in [-0.4, -0.2) is 18.1 Å². The average molecular weight is 243 g/mol. The number of carbonyl (C=O) groups excluding carboxylic acids is 1. The number of pyridine rings is 1. The van der Waals surface area contributed by atoms with Crippen molar-refractivity contribution in [3.8, 4) is 5.75 Å². The fourth-order valence-electron chi connectivity index (χ4n) is 1.51. The summed E-state index contributed by atoms with van der Waals surface area (Å²) in [6.07, 6.45) is 3.01. The topological polar surface area (TPSA) is 48.4 Å². The normalized spacial score (nSPS) is 9.83. The number of methoxy groups -OCH3 is 1. The zero-order valence-corrected chi connectivity index (χ0v) is 10.00. The summed E-state index contributed by atoms with van der Waals surface area (Å²) in [5.41, 5.74) is 1.36. The molecule has 0 aliphatic heterocycles. The maximum atomic E-state index is 11.5. The van der Waals surface area contributed by atoms with Crippen LogP contribution in [0.2, 0.25) is 0 Å². The fraction of sp³-hybridized carbons (Fsp3) is 0.143. The Bertz CT molecular complexity index is 526. The van der Waals surface area contributed by atoms with E-state index in [1.54, 1.807) is 12.3 Å². The summed E-state index contributed by atoms with van der Waals surface area (Å²) in [5, 5.41) is 0. The third-order valence-corrected chi connectivity index (χ3v) is 2.42. The lowest BCUT2D eigenvalue weighted by Gasteiger charge is -2.09. The highest BCUT2D eigenvalue weighted by Crippen LogP contribution is 2.18. The summed E-state index contributed by atoms with van der Waals surface area (Å²) in [7, 11) is 1.33. The van der Waals surface area contributed by atoms with Gasteiger partial charge in [0.1, 0.15) is 17.9 Å². The van der Waals surface area contributed by atoms with Gasteiger partial charge in [0.25, 0.3) is 0 Å². The number of esters is 1. The van der Waals surface area contributed by atoms with Crippen molar-refractivity contribution in [2.24, 2.45) is 0 Å². The Labute approximate surface area is 105 Å². The molecular formula is C14H13NO3. The van der Waals surface area contributed by atoms with Gasteiger partial charge >= 0.3 is 5.97 Å². The third kappa shape index (κ3) is 2.85. The molecule has 0 atom stereocenters. The van der Waals surface area contributed by atoms with Crippen molar-refractivity contribution < 1.29 is 14.3 Å². The molecule has 0 fully saturated rings. The van der Waals surface area contributed by atoms with Crippen molar-refractivity contribution in [3.05, 3.63) is 59.9 Å². The molecule has 2 aromatic rings. The summed E-state index contributed by atoms with van der Waals surface area (Å²) >= 11 is 0. The number of rotatable bonds is 4. The van der Waals surface area contributed by atoms with Crippen LogP contribution in [0.1, 0.15) is 15.9 Å². The summed E-state index contributed by atoms with van der Waals surface area (Å²) in [6, 6.07) is 11.4. The highest BCUT2D eigenvalue weighted by molar-refractivity contribution is 5.91. The molecule has 0 unspecified atom stereocenters. The van der Waals surface area contributed by atoms with Crippen LogP contribution < -0.4 is 4.74 Å². The van der Waals surface area contributed by atoms with Crippen molar-refractivity contribution >= 4 is 5.97 Å². The molecule has 18 heavy (non-hydrogen) atoms. The molecule has 92 valence electrons. The van der Waals surface area contributed by atoms with E-state index in [2.05, 4.69) is 9.72 Å². The van der Waals surface area contributed by atoms with Crippen LogP contribution in [0, 0.1) is 0 Å². The Balaban J connectivity index is 2.12. The van der Waals surface area contributed by atoms with E-state index in [9.17, 15) is 4.79 Å². The molecule has 0 saturated carbocycles. The van der Waals surface area contributed by atoms with E-state index in [-0.39, 0.29) is 0 Å². The van der Waals surface area contributed by atoms with Crippen LogP contribution in [0.3, 0.4) is 0 Å². The Morgan fingerprint density at radius 3 is 2.72 bits per heavy atom. The van der Waals surface area contributed by atoms with Gasteiger partial charge in [0, 0.05) is 12.4 Å². The smallest absolute Gasteiger partial charge is 0.343 e. The van der Waals surface area contributed by atoms with E-state index in [1.165, 1.54) is 13.3 Å². The summed E-state index contributed by atoms with van der Waals surface area (Å²) in [6.45, 7) is 0.398. The van der Waals surface area contributed by atoms with Gasteiger partial charge in [-0.3, -0.25) is 4.98 Å². The van der Waals surface area contributed by atoms with E-state index in [1.807, 2.05) is 30.3 Å². The number of benzene rings is 1. The first-order chi connectivity index (χ1) is 8.81. The molecule has 0 saturated heterocycles. The van der Waals surface area contributed by atoms with E-state index >= 15 is 0 Å². The number of carbonyl (C=O) groups is 1. The minimum Gasteiger partial charge on any atom is -0.488 e. The van der Waals surface area contributed by atoms with Crippen LogP contribution >= 0.6 is 0 Å². The number of hydrogen-bond acceptors (Lipinski definition) is 4. The SMILES string of the molecule is COC(=O)c1cnccc1OCc1ccccc1. The van der Waals surface area contributed by atoms with E-state index in [0.717, 1.165) is 5.56 Å². The van der Waals surface area contributed by atoms with Gasteiger partial charge < -0.3 is 9.47 Å². The molecule has 0 bridgehead atoms. The molecule has 0 radical (unpaired) electrons. The van der Waals surface area contributed by atoms with Crippen LogP contribution in [0.15, 0.2) is 48.8 Å². The zero-order valence-electron chi connectivity index (χ0n) is 10.00. The number of nitrogens with zero attached hydrogens (tertiary/aromatic N) is 1. The van der Waals surface area contributed by atoms with Crippen LogP contribution in [0.4, 0.5) is 0 Å². The fourth-order valence-corrected chi connectivity index (χ4v) is 1.51. The number of hydrogen-bond donors (Lipinski definition) is 0. The second-order valence-corrected chi connectivity index (χ2v) is 3.64. The van der Waals surface area contributed by atoms with Gasteiger partial charge in [-0.1, -0.05) is 30.3 Å². The summed E-state index contributed by atoms with van der Waals surface area (Å²) < 4.78 is 10.3. The first kappa shape index (κ1) is 12.1. The van der Waals surface area contributed by atoms with Crippen LogP contribution in [-0.2, 0) is 11.3 Å². The quantitative estimate of drug-likeness (QED) is 0.774. The lowest BCUT2D eigenvalue weighted by Crippen LogP contribution is -2.06. The summed E-state index contributed by atoms with van der Waals surface area (Å²) in [5.74, 6) is 0.0202. The van der Waals surface area contributed by atoms with E-state index in [0.29, 0.717) is 17.9 Å². The standard InChI is InChI=1S/C14H13NO3/c1-17-14(16)12-9-15-8-7-13(12)18-10-11-5-3-2-4-6-11/h2-9H,10H2,1H3. The van der Waals surface area contributed by atoms with Gasteiger partial charge in [0.15, 0.2) is 0 Å². The molecule has 1 heterocycles. The van der Waals surface area contributed by atoms with Gasteiger partial charge in [-0.05, 0) is 11.6 Å². The molecule has 1 aromatic heterocycles. The molecule has 1 aromatic carbocycles. The first-order valence-electron chi connectivity index (χ1n) is 5.50. The molecule has 4 heteroatoms. The Kier molecular flexibility index (Phi) is 3.91. The second-order valence-electron chi connectivity index (χ2n) is 3.64. The minimum atomic E-state index is -0.453. The van der Waals surface area contributed by atoms with Crippen molar-refractivity contribution in [1.82, 2.24) is 4.98 Å². The Morgan fingerprint density at radius 1 is 1.22 bits per heavy atom. The average Bonchev–Trinajstić information content (AvgIpc) is 2.45. The Morgan fingerprint density at radius 2 is 2.00 bits per heavy atom. The lowest BCUT2D eigenvalue weighted by atomic mass is 10.2. The molecule has 4 nitrogen and oxygen atoms in total. The zero-order chi connectivity index (χ0) is 12.8. The maximum Gasteiger partial charge on any atom is 0.343 e. The van der Waals surface area contributed by atoms with Gasteiger partial charge in [0.2, 0.25) is 0 Å². The molecule has 0 aliphatic carbocycles. The highest BCUT2D eigenvalue weighted by Gasteiger charge is 2.12. The van der Waals surface area contributed by atoms with Crippen molar-refractivity contribution in [1.29, 1.82) is 0 Å². The van der Waals surface area contributed by atoms with Crippen LogP contribution in [0.25, 0.3) is 0 Å². The third-order valence-electron chi connectivity index (χ3n) is 2.42. The predicted molar refractivity (Wildman–Crippen MR) is 66.4 cm³/mol. The van der Waals surface area contributed by atoms with Gasteiger partial charge in [-0.25, -0.2) is 4.79 Å². The molecule has 0 N–H and O–H groups in total. The summed E-state index contributed by atoms with van der Waals surface area (Å²) in [4.78, 5) is 15.4. The monoisotopic (exact) mass is 243 g/mol. The van der Waals surface area contributed by atoms with Gasteiger partial charge in [0.05, 0.1) is 7.11 Å². The van der Waals surface area contributed by atoms with Crippen molar-refractivity contribution in [3.63, 3.8) is 0 Å². The molecule has 2 rings (SSSR count). The van der Waals surface area contributed by atoms with Crippen LogP contribution in [0.5, 0.6) is 5.75 Å². The Hall–Kier alpha value is -2.36. The van der Waals surface area contributed by atoms with E-state index in [4.69, 9.17) is 4.74 Å². The largest absolute Gasteiger partial charge is 0.488 e. The molecule has 0 amide bonds. The number of ether oxygens (including phenoxy) is 2. The maximum absolute atomic E-state index is 11.5. The van der Waals surface area contributed by atoms with E-state index < -0.39 is 5.97 Å². The van der Waals surface area contributed by atoms with Gasteiger partial charge in [-0.15, -0.1) is 0 Å². The van der Waals surface area contributed by atoms with Crippen molar-refractivity contribution in [2.45, 2.75) is 6.61 Å². The highest BCUT2D eigenvalue weighted by atomic mass is 16.5. The first-order valence-corrected chi connectivity index (χ1v) is 5.50. The molecule has 0 aliphatic rings. The molecule has 0 spiro atoms. The number of aromatic nitrogens is 1. The predicted octanol–water partition coefficient (Wildman–Crippen LogP) is 2.45. The van der Waals surface area contributed by atoms with Gasteiger partial charge in [-0.2, -0.15) is 0 Å². The second kappa shape index (κ2) is 5.82. The lowest BCUT2D eigenvalue weighted by molar-refractivity contribution is 0.0595. The minimum absolute atomic E-state index is 0.330.